The molecule has 41 heavy (non-hydrogen) atoms. The average molecular weight is 619 g/mol. The van der Waals surface area contributed by atoms with Gasteiger partial charge in [0.2, 0.25) is 21.8 Å². The second-order valence-corrected chi connectivity index (χ2v) is 12.9. The second kappa shape index (κ2) is 14.7. The predicted molar refractivity (Wildman–Crippen MR) is 167 cm³/mol. The van der Waals surface area contributed by atoms with Crippen molar-refractivity contribution >= 4 is 50.7 Å². The SMILES string of the molecule is CCCCNC(=O)[C@@H](Cc1ccccc1)N(Cc1c(Cl)cccc1Cl)C(=O)CN(c1ccc(C)cc1C)S(C)(=O)=O. The lowest BCUT2D eigenvalue weighted by atomic mass is 10.0. The summed E-state index contributed by atoms with van der Waals surface area (Å²) in [6.45, 7) is 5.60. The first-order valence-electron chi connectivity index (χ1n) is 13.5. The number of carbonyl (C=O) groups excluding carboxylic acids is 2. The van der Waals surface area contributed by atoms with Crippen molar-refractivity contribution in [1.29, 1.82) is 0 Å². The molecule has 0 aliphatic rings. The summed E-state index contributed by atoms with van der Waals surface area (Å²) in [7, 11) is -3.86. The minimum Gasteiger partial charge on any atom is -0.354 e. The first-order chi connectivity index (χ1) is 19.4. The number of unbranched alkanes of at least 4 members (excludes halogenated alkanes) is 1. The highest BCUT2D eigenvalue weighted by Crippen LogP contribution is 2.28. The third-order valence-electron chi connectivity index (χ3n) is 6.79. The molecule has 1 atom stereocenters. The zero-order chi connectivity index (χ0) is 30.2. The molecule has 3 aromatic rings. The first-order valence-corrected chi connectivity index (χ1v) is 16.1. The van der Waals surface area contributed by atoms with Gasteiger partial charge in [-0.15, -0.1) is 0 Å². The van der Waals surface area contributed by atoms with Crippen LogP contribution < -0.4 is 9.62 Å². The third kappa shape index (κ3) is 8.96. The minimum absolute atomic E-state index is 0.0828. The Hall–Kier alpha value is -3.07. The standard InChI is InChI=1S/C31H37Cl2N3O4S/c1-5-6-17-34-31(38)29(19-24-11-8-7-9-12-24)35(20-25-26(32)13-10-14-27(25)33)30(37)21-36(41(4,39)40)28-16-15-22(2)18-23(28)3/h7-16,18,29H,5-6,17,19-21H2,1-4H3,(H,34,38)/t29-/m1/s1. The number of aryl methyl sites for hydroxylation is 2. The van der Waals surface area contributed by atoms with Gasteiger partial charge in [-0.05, 0) is 49.6 Å². The Bertz CT molecular complexity index is 1450. The Kier molecular flexibility index (Phi) is 11.6. The Balaban J connectivity index is 2.10. The van der Waals surface area contributed by atoms with Crippen molar-refractivity contribution < 1.29 is 18.0 Å². The van der Waals surface area contributed by atoms with E-state index in [2.05, 4.69) is 5.32 Å². The summed E-state index contributed by atoms with van der Waals surface area (Å²) in [4.78, 5) is 29.3. The predicted octanol–water partition coefficient (Wildman–Crippen LogP) is 5.93. The van der Waals surface area contributed by atoms with E-state index in [1.165, 1.54) is 4.90 Å². The van der Waals surface area contributed by atoms with E-state index in [-0.39, 0.29) is 18.9 Å². The number of amides is 2. The molecule has 0 aliphatic heterocycles. The highest BCUT2D eigenvalue weighted by molar-refractivity contribution is 7.92. The Morgan fingerprint density at radius 1 is 0.951 bits per heavy atom. The van der Waals surface area contributed by atoms with E-state index in [9.17, 15) is 18.0 Å². The van der Waals surface area contributed by atoms with Crippen LogP contribution in [0.4, 0.5) is 5.69 Å². The first kappa shape index (κ1) is 32.4. The van der Waals surface area contributed by atoms with Crippen LogP contribution in [-0.2, 0) is 32.6 Å². The molecule has 0 saturated carbocycles. The Morgan fingerprint density at radius 3 is 2.20 bits per heavy atom. The van der Waals surface area contributed by atoms with Crippen LogP contribution in [0.5, 0.6) is 0 Å². The van der Waals surface area contributed by atoms with Crippen molar-refractivity contribution in [2.45, 2.75) is 52.6 Å². The molecule has 0 heterocycles. The zero-order valence-corrected chi connectivity index (χ0v) is 26.2. The number of rotatable bonds is 13. The molecule has 1 N–H and O–H groups in total. The van der Waals surface area contributed by atoms with Gasteiger partial charge in [0.1, 0.15) is 12.6 Å². The van der Waals surface area contributed by atoms with E-state index in [4.69, 9.17) is 23.2 Å². The fourth-order valence-electron chi connectivity index (χ4n) is 4.59. The molecule has 0 spiro atoms. The van der Waals surface area contributed by atoms with E-state index in [0.29, 0.717) is 33.4 Å². The van der Waals surface area contributed by atoms with Gasteiger partial charge in [0.15, 0.2) is 0 Å². The monoisotopic (exact) mass is 617 g/mol. The van der Waals surface area contributed by atoms with E-state index >= 15 is 0 Å². The lowest BCUT2D eigenvalue weighted by Crippen LogP contribution is -2.53. The van der Waals surface area contributed by atoms with E-state index in [1.54, 1.807) is 37.3 Å². The number of anilines is 1. The Morgan fingerprint density at radius 2 is 1.61 bits per heavy atom. The molecule has 0 radical (unpaired) electrons. The average Bonchev–Trinajstić information content (AvgIpc) is 2.91. The number of hydrogen-bond donors (Lipinski definition) is 1. The second-order valence-electron chi connectivity index (χ2n) is 10.1. The maximum atomic E-state index is 14.2. The highest BCUT2D eigenvalue weighted by Gasteiger charge is 2.34. The van der Waals surface area contributed by atoms with Gasteiger partial charge in [0.05, 0.1) is 11.9 Å². The lowest BCUT2D eigenvalue weighted by molar-refractivity contribution is -0.140. The van der Waals surface area contributed by atoms with Gasteiger partial charge >= 0.3 is 0 Å². The largest absolute Gasteiger partial charge is 0.354 e. The number of carbonyl (C=O) groups is 2. The van der Waals surface area contributed by atoms with Gasteiger partial charge in [0, 0.05) is 35.1 Å². The van der Waals surface area contributed by atoms with Crippen LogP contribution in [-0.4, -0.2) is 50.5 Å². The normalized spacial score (nSPS) is 12.0. The minimum atomic E-state index is -3.86. The summed E-state index contributed by atoms with van der Waals surface area (Å²) in [5, 5.41) is 3.64. The number of benzene rings is 3. The molecular weight excluding hydrogens is 581 g/mol. The van der Waals surface area contributed by atoms with Crippen LogP contribution in [0.2, 0.25) is 10.0 Å². The molecular formula is C31H37Cl2N3O4S. The molecule has 2 amide bonds. The number of nitrogens with one attached hydrogen (secondary N) is 1. The fourth-order valence-corrected chi connectivity index (χ4v) is 6.02. The van der Waals surface area contributed by atoms with Crippen molar-refractivity contribution in [2.24, 2.45) is 0 Å². The summed E-state index contributed by atoms with van der Waals surface area (Å²) < 4.78 is 27.1. The van der Waals surface area contributed by atoms with Crippen LogP contribution in [0.1, 0.15) is 42.0 Å². The molecule has 3 rings (SSSR count). The van der Waals surface area contributed by atoms with Crippen molar-refractivity contribution in [3.63, 3.8) is 0 Å². The molecule has 10 heteroatoms. The maximum Gasteiger partial charge on any atom is 0.244 e. The van der Waals surface area contributed by atoms with Crippen LogP contribution in [0.15, 0.2) is 66.7 Å². The van der Waals surface area contributed by atoms with Crippen molar-refractivity contribution in [1.82, 2.24) is 10.2 Å². The molecule has 220 valence electrons. The quantitative estimate of drug-likeness (QED) is 0.241. The molecule has 0 saturated heterocycles. The Labute approximate surface area is 253 Å². The number of sulfonamides is 1. The van der Waals surface area contributed by atoms with Gasteiger partial charge in [-0.2, -0.15) is 0 Å². The summed E-state index contributed by atoms with van der Waals surface area (Å²) in [5.74, 6) is -0.894. The summed E-state index contributed by atoms with van der Waals surface area (Å²) in [6, 6.07) is 18.8. The molecule has 0 fully saturated rings. The van der Waals surface area contributed by atoms with E-state index in [0.717, 1.165) is 34.5 Å². The molecule has 0 aromatic heterocycles. The summed E-state index contributed by atoms with van der Waals surface area (Å²) in [6.07, 6.45) is 2.95. The zero-order valence-electron chi connectivity index (χ0n) is 23.9. The smallest absolute Gasteiger partial charge is 0.244 e. The van der Waals surface area contributed by atoms with Gasteiger partial charge in [0.25, 0.3) is 0 Å². The van der Waals surface area contributed by atoms with Crippen molar-refractivity contribution in [3.05, 3.63) is 99.0 Å². The molecule has 7 nitrogen and oxygen atoms in total. The summed E-state index contributed by atoms with van der Waals surface area (Å²) >= 11 is 13.0. The van der Waals surface area contributed by atoms with Crippen LogP contribution in [0.25, 0.3) is 0 Å². The van der Waals surface area contributed by atoms with Crippen molar-refractivity contribution in [2.75, 3.05) is 23.7 Å². The van der Waals surface area contributed by atoms with Crippen LogP contribution >= 0.6 is 23.2 Å². The number of nitrogens with zero attached hydrogens (tertiary/aromatic N) is 2. The van der Waals surface area contributed by atoms with Crippen molar-refractivity contribution in [3.8, 4) is 0 Å². The van der Waals surface area contributed by atoms with E-state index < -0.39 is 28.5 Å². The fraction of sp³-hybridized carbons (Fsp3) is 0.355. The molecule has 0 bridgehead atoms. The highest BCUT2D eigenvalue weighted by atomic mass is 35.5. The molecule has 3 aromatic carbocycles. The van der Waals surface area contributed by atoms with Gasteiger partial charge in [-0.3, -0.25) is 13.9 Å². The topological polar surface area (TPSA) is 86.8 Å². The third-order valence-corrected chi connectivity index (χ3v) is 8.63. The number of hydrogen-bond acceptors (Lipinski definition) is 4. The maximum absolute atomic E-state index is 14.2. The van der Waals surface area contributed by atoms with Gasteiger partial charge in [-0.25, -0.2) is 8.42 Å². The molecule has 0 unspecified atom stereocenters. The molecule has 0 aliphatic carbocycles. The summed E-state index contributed by atoms with van der Waals surface area (Å²) in [5.41, 5.74) is 3.39. The van der Waals surface area contributed by atoms with Crippen LogP contribution in [0.3, 0.4) is 0 Å². The number of halogens is 2. The van der Waals surface area contributed by atoms with Crippen LogP contribution in [0, 0.1) is 13.8 Å². The lowest BCUT2D eigenvalue weighted by Gasteiger charge is -2.34. The van der Waals surface area contributed by atoms with Gasteiger partial charge in [-0.1, -0.05) is 90.6 Å². The van der Waals surface area contributed by atoms with Gasteiger partial charge < -0.3 is 10.2 Å². The van der Waals surface area contributed by atoms with E-state index in [1.807, 2.05) is 50.2 Å².